The maximum absolute atomic E-state index is 12.3. The molecule has 132 valence electrons. The highest BCUT2D eigenvalue weighted by Crippen LogP contribution is 2.21. The molecule has 0 aliphatic carbocycles. The molecule has 0 aromatic carbocycles. The van der Waals surface area contributed by atoms with Crippen molar-refractivity contribution in [3.05, 3.63) is 12.2 Å². The largest absolute Gasteiger partial charge is 0.459 e. The predicted octanol–water partition coefficient (Wildman–Crippen LogP) is 1.73. The SMILES string of the molecule is CC(=O)O[C@@H]1C=CCC[C@H](O)[C@@H](CCC[C@H](C)O)OC(=O)[C@@H]1C. The number of rotatable bonds is 5. The lowest BCUT2D eigenvalue weighted by molar-refractivity contribution is -0.166. The second-order valence-corrected chi connectivity index (χ2v) is 6.19. The van der Waals surface area contributed by atoms with Crippen molar-refractivity contribution in [3.8, 4) is 0 Å². The molecule has 1 aliphatic rings. The summed E-state index contributed by atoms with van der Waals surface area (Å²) in [5.74, 6) is -1.59. The van der Waals surface area contributed by atoms with E-state index in [0.717, 1.165) is 0 Å². The third kappa shape index (κ3) is 7.14. The van der Waals surface area contributed by atoms with Gasteiger partial charge < -0.3 is 19.7 Å². The van der Waals surface area contributed by atoms with Gasteiger partial charge in [0.25, 0.3) is 0 Å². The van der Waals surface area contributed by atoms with Crippen molar-refractivity contribution < 1.29 is 29.3 Å². The van der Waals surface area contributed by atoms with Gasteiger partial charge in [-0.25, -0.2) is 0 Å². The van der Waals surface area contributed by atoms with Crippen LogP contribution in [0.3, 0.4) is 0 Å². The van der Waals surface area contributed by atoms with Crippen molar-refractivity contribution in [2.24, 2.45) is 5.92 Å². The van der Waals surface area contributed by atoms with E-state index >= 15 is 0 Å². The van der Waals surface area contributed by atoms with Gasteiger partial charge in [0.15, 0.2) is 0 Å². The van der Waals surface area contributed by atoms with E-state index in [-0.39, 0.29) is 0 Å². The summed E-state index contributed by atoms with van der Waals surface area (Å²) in [7, 11) is 0. The Morgan fingerprint density at radius 3 is 2.83 bits per heavy atom. The highest BCUT2D eigenvalue weighted by Gasteiger charge is 2.31. The van der Waals surface area contributed by atoms with Gasteiger partial charge in [-0.05, 0) is 52.0 Å². The molecule has 1 heterocycles. The first-order chi connectivity index (χ1) is 10.8. The Balaban J connectivity index is 2.76. The number of ether oxygens (including phenoxy) is 2. The zero-order valence-corrected chi connectivity index (χ0v) is 14.1. The van der Waals surface area contributed by atoms with Crippen molar-refractivity contribution in [3.63, 3.8) is 0 Å². The summed E-state index contributed by atoms with van der Waals surface area (Å²) >= 11 is 0. The third-order valence-electron chi connectivity index (χ3n) is 3.93. The van der Waals surface area contributed by atoms with Crippen molar-refractivity contribution >= 4 is 11.9 Å². The van der Waals surface area contributed by atoms with Crippen molar-refractivity contribution in [2.45, 2.75) is 77.3 Å². The maximum Gasteiger partial charge on any atom is 0.313 e. The summed E-state index contributed by atoms with van der Waals surface area (Å²) in [6, 6.07) is 0. The van der Waals surface area contributed by atoms with Crippen molar-refractivity contribution in [1.29, 1.82) is 0 Å². The zero-order valence-electron chi connectivity index (χ0n) is 14.1. The molecule has 0 spiro atoms. The molecule has 0 unspecified atom stereocenters. The van der Waals surface area contributed by atoms with Gasteiger partial charge in [-0.3, -0.25) is 9.59 Å². The molecular weight excluding hydrogens is 300 g/mol. The highest BCUT2D eigenvalue weighted by atomic mass is 16.6. The van der Waals surface area contributed by atoms with Crippen LogP contribution in [0.2, 0.25) is 0 Å². The van der Waals surface area contributed by atoms with Crippen LogP contribution in [-0.2, 0) is 19.1 Å². The smallest absolute Gasteiger partial charge is 0.313 e. The second-order valence-electron chi connectivity index (χ2n) is 6.19. The molecule has 0 fully saturated rings. The Morgan fingerprint density at radius 1 is 1.52 bits per heavy atom. The number of allylic oxidation sites excluding steroid dienone is 1. The minimum atomic E-state index is -0.741. The molecule has 0 amide bonds. The molecule has 1 rings (SSSR count). The Kier molecular flexibility index (Phi) is 8.26. The summed E-state index contributed by atoms with van der Waals surface area (Å²) < 4.78 is 10.6. The topological polar surface area (TPSA) is 93.1 Å². The molecule has 5 atom stereocenters. The van der Waals surface area contributed by atoms with Gasteiger partial charge in [0.2, 0.25) is 0 Å². The number of cyclic esters (lactones) is 1. The van der Waals surface area contributed by atoms with E-state index in [9.17, 15) is 19.8 Å². The number of carbonyl (C=O) groups excluding carboxylic acids is 2. The van der Waals surface area contributed by atoms with E-state index in [1.54, 1.807) is 19.9 Å². The molecule has 0 bridgehead atoms. The predicted molar refractivity (Wildman–Crippen MR) is 84.5 cm³/mol. The van der Waals surface area contributed by atoms with E-state index in [4.69, 9.17) is 9.47 Å². The average Bonchev–Trinajstić information content (AvgIpc) is 2.46. The van der Waals surface area contributed by atoms with Gasteiger partial charge in [-0.2, -0.15) is 0 Å². The summed E-state index contributed by atoms with van der Waals surface area (Å²) in [6.45, 7) is 4.64. The molecular formula is C17H28O6. The van der Waals surface area contributed by atoms with Crippen LogP contribution in [0.4, 0.5) is 0 Å². The quantitative estimate of drug-likeness (QED) is 0.590. The third-order valence-corrected chi connectivity index (χ3v) is 3.93. The monoisotopic (exact) mass is 328 g/mol. The lowest BCUT2D eigenvalue weighted by Gasteiger charge is -2.27. The fraction of sp³-hybridized carbons (Fsp3) is 0.765. The average molecular weight is 328 g/mol. The van der Waals surface area contributed by atoms with E-state index in [2.05, 4.69) is 0 Å². The van der Waals surface area contributed by atoms with Crippen LogP contribution < -0.4 is 0 Å². The zero-order chi connectivity index (χ0) is 17.4. The van der Waals surface area contributed by atoms with Gasteiger partial charge in [-0.15, -0.1) is 0 Å². The summed E-state index contributed by atoms with van der Waals surface area (Å²) in [6.07, 6.45) is 3.88. The van der Waals surface area contributed by atoms with E-state index in [1.807, 2.05) is 6.08 Å². The summed E-state index contributed by atoms with van der Waals surface area (Å²) in [5.41, 5.74) is 0. The molecule has 0 radical (unpaired) electrons. The summed E-state index contributed by atoms with van der Waals surface area (Å²) in [5, 5.41) is 19.5. The van der Waals surface area contributed by atoms with Gasteiger partial charge in [0.1, 0.15) is 12.2 Å². The minimum absolute atomic E-state index is 0.419. The fourth-order valence-corrected chi connectivity index (χ4v) is 2.52. The van der Waals surface area contributed by atoms with Crippen LogP contribution in [0, 0.1) is 5.92 Å². The number of esters is 2. The normalized spacial score (nSPS) is 30.4. The van der Waals surface area contributed by atoms with Crippen LogP contribution in [0.15, 0.2) is 12.2 Å². The first-order valence-corrected chi connectivity index (χ1v) is 8.21. The standard InChI is InChI=1S/C17H28O6/c1-11(18)7-6-10-16-14(20)8-4-5-9-15(22-13(3)19)12(2)17(21)23-16/h5,9,11-12,14-16,18,20H,4,6-8,10H2,1-3H3/t11-,12+,14-,15+,16+/m0/s1. The highest BCUT2D eigenvalue weighted by molar-refractivity contribution is 5.74. The minimum Gasteiger partial charge on any atom is -0.459 e. The lowest BCUT2D eigenvalue weighted by atomic mass is 9.98. The Hall–Kier alpha value is -1.40. The lowest BCUT2D eigenvalue weighted by Crippen LogP contribution is -2.37. The first kappa shape index (κ1) is 19.6. The van der Waals surface area contributed by atoms with Crippen LogP contribution >= 0.6 is 0 Å². The van der Waals surface area contributed by atoms with E-state index < -0.39 is 42.3 Å². The molecule has 1 aliphatic heterocycles. The van der Waals surface area contributed by atoms with Crippen LogP contribution in [0.1, 0.15) is 52.9 Å². The number of hydrogen-bond acceptors (Lipinski definition) is 6. The number of carbonyl (C=O) groups is 2. The Labute approximate surface area is 137 Å². The maximum atomic E-state index is 12.3. The van der Waals surface area contributed by atoms with Gasteiger partial charge in [0.05, 0.1) is 18.1 Å². The number of aliphatic hydroxyl groups excluding tert-OH is 2. The van der Waals surface area contributed by atoms with Crippen LogP contribution in [0.25, 0.3) is 0 Å². The Morgan fingerprint density at radius 2 is 2.22 bits per heavy atom. The molecule has 6 nitrogen and oxygen atoms in total. The fourth-order valence-electron chi connectivity index (χ4n) is 2.52. The van der Waals surface area contributed by atoms with Crippen molar-refractivity contribution in [2.75, 3.05) is 0 Å². The second kappa shape index (κ2) is 9.67. The van der Waals surface area contributed by atoms with Gasteiger partial charge in [-0.1, -0.05) is 6.08 Å². The van der Waals surface area contributed by atoms with E-state index in [0.29, 0.717) is 32.1 Å². The van der Waals surface area contributed by atoms with Crippen molar-refractivity contribution in [1.82, 2.24) is 0 Å². The molecule has 0 aromatic rings. The van der Waals surface area contributed by atoms with Crippen LogP contribution in [-0.4, -0.2) is 46.6 Å². The molecule has 2 N–H and O–H groups in total. The Bertz CT molecular complexity index is 417. The number of aliphatic hydroxyl groups is 2. The molecule has 0 saturated carbocycles. The molecule has 0 saturated heterocycles. The molecule has 6 heteroatoms. The van der Waals surface area contributed by atoms with Crippen LogP contribution in [0.5, 0.6) is 0 Å². The van der Waals surface area contributed by atoms with Gasteiger partial charge >= 0.3 is 11.9 Å². The summed E-state index contributed by atoms with van der Waals surface area (Å²) in [4.78, 5) is 23.4. The molecule has 0 aromatic heterocycles. The molecule has 23 heavy (non-hydrogen) atoms. The first-order valence-electron chi connectivity index (χ1n) is 8.21. The van der Waals surface area contributed by atoms with Gasteiger partial charge in [0, 0.05) is 6.92 Å². The van der Waals surface area contributed by atoms with E-state index in [1.165, 1.54) is 6.92 Å². The number of hydrogen-bond donors (Lipinski definition) is 2.